The minimum absolute atomic E-state index is 0.230. The van der Waals surface area contributed by atoms with Gasteiger partial charge in [-0.15, -0.1) is 0 Å². The van der Waals surface area contributed by atoms with Crippen molar-refractivity contribution < 1.29 is 18.7 Å². The molecule has 0 aromatic carbocycles. The van der Waals surface area contributed by atoms with Crippen molar-refractivity contribution in [3.63, 3.8) is 0 Å². The molecule has 0 amide bonds. The van der Waals surface area contributed by atoms with Crippen LogP contribution >= 0.6 is 0 Å². The third-order valence-corrected chi connectivity index (χ3v) is 1.73. The van der Waals surface area contributed by atoms with Crippen LogP contribution in [0.1, 0.15) is 20.8 Å². The molecule has 0 spiro atoms. The summed E-state index contributed by atoms with van der Waals surface area (Å²) >= 11 is 0. The molecular weight excluding hydrogens is 189 g/mol. The summed E-state index contributed by atoms with van der Waals surface area (Å²) in [5.41, 5.74) is -0.602. The van der Waals surface area contributed by atoms with Gasteiger partial charge in [-0.3, -0.25) is 0 Å². The zero-order valence-electron chi connectivity index (χ0n) is 8.67. The molecule has 0 unspecified atom stereocenters. The fourth-order valence-electron chi connectivity index (χ4n) is 1.14. The van der Waals surface area contributed by atoms with Crippen LogP contribution in [-0.2, 0) is 9.47 Å². The van der Waals surface area contributed by atoms with Gasteiger partial charge in [-0.2, -0.15) is 0 Å². The van der Waals surface area contributed by atoms with Gasteiger partial charge in [0, 0.05) is 13.1 Å². The van der Waals surface area contributed by atoms with Gasteiger partial charge in [-0.05, 0) is 20.8 Å². The molecule has 0 aliphatic carbocycles. The molecule has 1 N–H and O–H groups in total. The highest BCUT2D eigenvalue weighted by Gasteiger charge is 2.31. The first-order valence-electron chi connectivity index (χ1n) is 4.63. The zero-order valence-corrected chi connectivity index (χ0v) is 8.67. The number of nitrogens with one attached hydrogen (secondary N) is 1. The van der Waals surface area contributed by atoms with Gasteiger partial charge in [0.2, 0.25) is 0 Å². The Morgan fingerprint density at radius 2 is 2.07 bits per heavy atom. The second-order valence-electron chi connectivity index (χ2n) is 4.29. The first-order valence-corrected chi connectivity index (χ1v) is 4.63. The molecule has 0 saturated carbocycles. The molecule has 1 saturated heterocycles. The van der Waals surface area contributed by atoms with Crippen LogP contribution < -0.4 is 5.32 Å². The summed E-state index contributed by atoms with van der Waals surface area (Å²) in [7, 11) is 0. The second-order valence-corrected chi connectivity index (χ2v) is 4.29. The lowest BCUT2D eigenvalue weighted by molar-refractivity contribution is -0.0341. The maximum atomic E-state index is 13.0. The van der Waals surface area contributed by atoms with Gasteiger partial charge in [-0.25, -0.2) is 9.18 Å². The van der Waals surface area contributed by atoms with E-state index >= 15 is 0 Å². The van der Waals surface area contributed by atoms with Crippen LogP contribution in [0.25, 0.3) is 0 Å². The minimum Gasteiger partial charge on any atom is -0.429 e. The van der Waals surface area contributed by atoms with E-state index in [0.717, 1.165) is 0 Å². The minimum atomic E-state index is -1.14. The lowest BCUT2D eigenvalue weighted by Gasteiger charge is -2.21. The van der Waals surface area contributed by atoms with Crippen molar-refractivity contribution in [2.45, 2.75) is 38.6 Å². The summed E-state index contributed by atoms with van der Waals surface area (Å²) in [6.45, 7) is 5.77. The zero-order chi connectivity index (χ0) is 10.8. The molecule has 5 heteroatoms. The smallest absolute Gasteiger partial charge is 0.429 e. The van der Waals surface area contributed by atoms with Crippen LogP contribution in [0.5, 0.6) is 0 Å². The van der Waals surface area contributed by atoms with Crippen LogP contribution in [-0.4, -0.2) is 37.1 Å². The van der Waals surface area contributed by atoms with Crippen molar-refractivity contribution >= 4 is 6.16 Å². The number of halogens is 1. The van der Waals surface area contributed by atoms with E-state index in [1.165, 1.54) is 0 Å². The van der Waals surface area contributed by atoms with E-state index < -0.39 is 24.0 Å². The Morgan fingerprint density at radius 1 is 1.43 bits per heavy atom. The number of carbonyl (C=O) groups excluding carboxylic acids is 1. The van der Waals surface area contributed by atoms with Crippen molar-refractivity contribution in [2.24, 2.45) is 0 Å². The first-order chi connectivity index (χ1) is 6.38. The predicted molar refractivity (Wildman–Crippen MR) is 48.9 cm³/mol. The maximum Gasteiger partial charge on any atom is 0.509 e. The Labute approximate surface area is 82.8 Å². The molecule has 1 fully saturated rings. The molecule has 1 aliphatic rings. The van der Waals surface area contributed by atoms with E-state index in [2.05, 4.69) is 5.32 Å². The molecule has 82 valence electrons. The lowest BCUT2D eigenvalue weighted by Crippen LogP contribution is -2.31. The Morgan fingerprint density at radius 3 is 2.50 bits per heavy atom. The largest absolute Gasteiger partial charge is 0.509 e. The summed E-state index contributed by atoms with van der Waals surface area (Å²) in [6, 6.07) is 0. The van der Waals surface area contributed by atoms with Crippen LogP contribution in [0.2, 0.25) is 0 Å². The van der Waals surface area contributed by atoms with E-state index in [9.17, 15) is 9.18 Å². The Bertz CT molecular complexity index is 215. The van der Waals surface area contributed by atoms with Crippen molar-refractivity contribution in [3.8, 4) is 0 Å². The van der Waals surface area contributed by atoms with Crippen LogP contribution in [0.3, 0.4) is 0 Å². The molecular formula is C9H16FNO3. The Kier molecular flexibility index (Phi) is 3.31. The van der Waals surface area contributed by atoms with Crippen LogP contribution in [0.4, 0.5) is 9.18 Å². The highest BCUT2D eigenvalue weighted by molar-refractivity contribution is 5.60. The first kappa shape index (κ1) is 11.2. The average molecular weight is 205 g/mol. The average Bonchev–Trinajstić information content (AvgIpc) is 2.32. The van der Waals surface area contributed by atoms with E-state index in [1.54, 1.807) is 20.8 Å². The fraction of sp³-hybridized carbons (Fsp3) is 0.889. The van der Waals surface area contributed by atoms with Gasteiger partial charge >= 0.3 is 6.16 Å². The van der Waals surface area contributed by atoms with Gasteiger partial charge < -0.3 is 14.8 Å². The monoisotopic (exact) mass is 205 g/mol. The Hall–Kier alpha value is -0.840. The molecule has 14 heavy (non-hydrogen) atoms. The van der Waals surface area contributed by atoms with Gasteiger partial charge in [0.1, 0.15) is 5.60 Å². The molecule has 0 aromatic heterocycles. The van der Waals surface area contributed by atoms with Gasteiger partial charge in [-0.1, -0.05) is 0 Å². The SMILES string of the molecule is CC(C)(C)OC(=O)O[C@H]1CNC[C@@H]1F. The number of hydrogen-bond donors (Lipinski definition) is 1. The molecule has 0 aromatic rings. The quantitative estimate of drug-likeness (QED) is 0.654. The summed E-state index contributed by atoms with van der Waals surface area (Å²) in [5, 5.41) is 2.78. The number of ether oxygens (including phenoxy) is 2. The van der Waals surface area contributed by atoms with Crippen molar-refractivity contribution in [1.82, 2.24) is 5.32 Å². The predicted octanol–water partition coefficient (Wildman–Crippen LogP) is 1.25. The summed E-state index contributed by atoms with van der Waals surface area (Å²) in [6.07, 6.45) is -2.67. The molecule has 1 aliphatic heterocycles. The second kappa shape index (κ2) is 4.13. The summed E-state index contributed by atoms with van der Waals surface area (Å²) in [5.74, 6) is 0. The van der Waals surface area contributed by atoms with Gasteiger partial charge in [0.05, 0.1) is 0 Å². The van der Waals surface area contributed by atoms with E-state index in [-0.39, 0.29) is 6.54 Å². The fourth-order valence-corrected chi connectivity index (χ4v) is 1.14. The molecule has 0 bridgehead atoms. The van der Waals surface area contributed by atoms with Crippen LogP contribution in [0.15, 0.2) is 0 Å². The summed E-state index contributed by atoms with van der Waals surface area (Å²) in [4.78, 5) is 11.1. The number of alkyl halides is 1. The topological polar surface area (TPSA) is 47.6 Å². The molecule has 0 radical (unpaired) electrons. The Balaban J connectivity index is 2.33. The highest BCUT2D eigenvalue weighted by atomic mass is 19.1. The van der Waals surface area contributed by atoms with Crippen molar-refractivity contribution in [1.29, 1.82) is 0 Å². The van der Waals surface area contributed by atoms with E-state index in [0.29, 0.717) is 6.54 Å². The van der Waals surface area contributed by atoms with Gasteiger partial charge in [0.25, 0.3) is 0 Å². The molecule has 1 heterocycles. The molecule has 4 nitrogen and oxygen atoms in total. The number of carbonyl (C=O) groups is 1. The number of hydrogen-bond acceptors (Lipinski definition) is 4. The van der Waals surface area contributed by atoms with Crippen molar-refractivity contribution in [2.75, 3.05) is 13.1 Å². The standard InChI is InChI=1S/C9H16FNO3/c1-9(2,3)14-8(12)13-7-5-11-4-6(7)10/h6-7,11H,4-5H2,1-3H3/t6-,7-/m0/s1. The summed E-state index contributed by atoms with van der Waals surface area (Å²) < 4.78 is 22.7. The highest BCUT2D eigenvalue weighted by Crippen LogP contribution is 2.13. The normalized spacial score (nSPS) is 27.4. The van der Waals surface area contributed by atoms with E-state index in [4.69, 9.17) is 9.47 Å². The third kappa shape index (κ3) is 3.49. The van der Waals surface area contributed by atoms with Crippen LogP contribution in [0, 0.1) is 0 Å². The number of rotatable bonds is 1. The molecule has 1 rings (SSSR count). The van der Waals surface area contributed by atoms with Crippen molar-refractivity contribution in [3.05, 3.63) is 0 Å². The van der Waals surface area contributed by atoms with Gasteiger partial charge in [0.15, 0.2) is 12.3 Å². The lowest BCUT2D eigenvalue weighted by atomic mass is 10.2. The van der Waals surface area contributed by atoms with E-state index in [1.807, 2.05) is 0 Å². The third-order valence-electron chi connectivity index (χ3n) is 1.73. The molecule has 2 atom stereocenters. The maximum absolute atomic E-state index is 13.0.